The molecule has 2 rings (SSSR count). The number of carbonyl (C=O) groups excluding carboxylic acids is 1. The van der Waals surface area contributed by atoms with Gasteiger partial charge in [-0.3, -0.25) is 5.32 Å². The highest BCUT2D eigenvalue weighted by Gasteiger charge is 2.17. The number of benzene rings is 1. The van der Waals surface area contributed by atoms with E-state index >= 15 is 0 Å². The van der Waals surface area contributed by atoms with Crippen molar-refractivity contribution in [1.82, 2.24) is 4.90 Å². The summed E-state index contributed by atoms with van der Waals surface area (Å²) in [5.41, 5.74) is 1.27. The second kappa shape index (κ2) is 7.68. The smallest absolute Gasteiger partial charge is 0.412 e. The summed E-state index contributed by atoms with van der Waals surface area (Å²) in [6.07, 6.45) is 2.11. The summed E-state index contributed by atoms with van der Waals surface area (Å²) in [5, 5.41) is 6.25. The minimum absolute atomic E-state index is 0.427. The molecule has 0 aliphatic carbocycles. The molecule has 1 unspecified atom stereocenters. The zero-order chi connectivity index (χ0) is 16.9. The molecule has 1 amide bonds. The van der Waals surface area contributed by atoms with Crippen molar-refractivity contribution in [3.63, 3.8) is 0 Å². The van der Waals surface area contributed by atoms with Gasteiger partial charge in [0, 0.05) is 24.5 Å². The minimum atomic E-state index is -0.493. The van der Waals surface area contributed by atoms with Crippen LogP contribution < -0.4 is 10.6 Å². The van der Waals surface area contributed by atoms with Gasteiger partial charge >= 0.3 is 6.09 Å². The molecule has 1 saturated heterocycles. The lowest BCUT2D eigenvalue weighted by Gasteiger charge is -2.30. The molecule has 1 aliphatic rings. The third kappa shape index (κ3) is 6.48. The predicted molar refractivity (Wildman–Crippen MR) is 95.0 cm³/mol. The van der Waals surface area contributed by atoms with Gasteiger partial charge in [-0.1, -0.05) is 6.07 Å². The van der Waals surface area contributed by atoms with Gasteiger partial charge in [-0.25, -0.2) is 4.79 Å². The molecule has 0 saturated carbocycles. The first-order valence-corrected chi connectivity index (χ1v) is 8.34. The van der Waals surface area contributed by atoms with Gasteiger partial charge in [0.05, 0.1) is 0 Å². The number of rotatable bonds is 4. The van der Waals surface area contributed by atoms with E-state index in [0.717, 1.165) is 24.5 Å². The predicted octanol–water partition coefficient (Wildman–Crippen LogP) is 3.79. The van der Waals surface area contributed by atoms with Crippen molar-refractivity contribution in [2.75, 3.05) is 37.3 Å². The van der Waals surface area contributed by atoms with Crippen LogP contribution >= 0.6 is 0 Å². The van der Waals surface area contributed by atoms with Gasteiger partial charge in [0.15, 0.2) is 0 Å². The molecule has 0 spiro atoms. The first kappa shape index (κ1) is 17.6. The van der Waals surface area contributed by atoms with Crippen molar-refractivity contribution in [3.8, 4) is 0 Å². The number of nitrogens with one attached hydrogen (secondary N) is 2. The summed E-state index contributed by atoms with van der Waals surface area (Å²) in [4.78, 5) is 14.2. The average Bonchev–Trinajstić information content (AvgIpc) is 2.43. The van der Waals surface area contributed by atoms with Crippen LogP contribution in [0.15, 0.2) is 24.3 Å². The van der Waals surface area contributed by atoms with Crippen LogP contribution in [0.2, 0.25) is 0 Å². The van der Waals surface area contributed by atoms with Gasteiger partial charge in [0.2, 0.25) is 0 Å². The fourth-order valence-electron chi connectivity index (χ4n) is 2.83. The van der Waals surface area contributed by atoms with Crippen molar-refractivity contribution in [1.29, 1.82) is 0 Å². The monoisotopic (exact) mass is 319 g/mol. The topological polar surface area (TPSA) is 53.6 Å². The van der Waals surface area contributed by atoms with Crippen LogP contribution in [0.25, 0.3) is 0 Å². The van der Waals surface area contributed by atoms with Gasteiger partial charge in [-0.05, 0) is 71.3 Å². The zero-order valence-corrected chi connectivity index (χ0v) is 14.7. The Morgan fingerprint density at radius 1 is 1.35 bits per heavy atom. The normalized spacial score (nSPS) is 19.2. The van der Waals surface area contributed by atoms with E-state index in [9.17, 15) is 4.79 Å². The lowest BCUT2D eigenvalue weighted by Crippen LogP contribution is -2.35. The van der Waals surface area contributed by atoms with Crippen molar-refractivity contribution < 1.29 is 9.53 Å². The van der Waals surface area contributed by atoms with E-state index in [1.165, 1.54) is 19.4 Å². The van der Waals surface area contributed by atoms with Crippen LogP contribution in [0.1, 0.15) is 33.6 Å². The maximum Gasteiger partial charge on any atom is 0.412 e. The molecule has 128 valence electrons. The summed E-state index contributed by atoms with van der Waals surface area (Å²) < 4.78 is 5.27. The van der Waals surface area contributed by atoms with Crippen LogP contribution in [0.4, 0.5) is 16.2 Å². The molecule has 0 radical (unpaired) electrons. The molecular weight excluding hydrogens is 290 g/mol. The number of hydrogen-bond acceptors (Lipinski definition) is 4. The lowest BCUT2D eigenvalue weighted by molar-refractivity contribution is 0.0636. The van der Waals surface area contributed by atoms with E-state index in [0.29, 0.717) is 5.92 Å². The Bertz CT molecular complexity index is 525. The Hall–Kier alpha value is -1.75. The second-order valence-electron chi connectivity index (χ2n) is 7.36. The Balaban J connectivity index is 1.85. The number of ether oxygens (including phenoxy) is 1. The second-order valence-corrected chi connectivity index (χ2v) is 7.36. The highest BCUT2D eigenvalue weighted by Crippen LogP contribution is 2.19. The van der Waals surface area contributed by atoms with E-state index in [-0.39, 0.29) is 0 Å². The fourth-order valence-corrected chi connectivity index (χ4v) is 2.83. The van der Waals surface area contributed by atoms with E-state index < -0.39 is 11.7 Å². The fraction of sp³-hybridized carbons (Fsp3) is 0.611. The molecule has 1 atom stereocenters. The van der Waals surface area contributed by atoms with Crippen LogP contribution in [-0.4, -0.2) is 43.3 Å². The number of nitrogens with zero attached hydrogens (tertiary/aromatic N) is 1. The SMILES string of the molecule is CN1CCCC(CNc2cccc(NC(=O)OC(C)(C)C)c2)C1. The molecule has 1 aromatic rings. The van der Waals surface area contributed by atoms with Crippen molar-refractivity contribution in [2.24, 2.45) is 5.92 Å². The molecule has 23 heavy (non-hydrogen) atoms. The van der Waals surface area contributed by atoms with Gasteiger partial charge < -0.3 is 15.0 Å². The maximum absolute atomic E-state index is 11.8. The molecule has 1 aromatic carbocycles. The zero-order valence-electron chi connectivity index (χ0n) is 14.7. The van der Waals surface area contributed by atoms with Crippen molar-refractivity contribution in [3.05, 3.63) is 24.3 Å². The number of amides is 1. The number of carbonyl (C=O) groups is 1. The Labute approximate surface area is 139 Å². The van der Waals surface area contributed by atoms with Crippen LogP contribution in [0.5, 0.6) is 0 Å². The number of likely N-dealkylation sites (tertiary alicyclic amines) is 1. The average molecular weight is 319 g/mol. The summed E-state index contributed by atoms with van der Waals surface area (Å²) in [6, 6.07) is 7.76. The quantitative estimate of drug-likeness (QED) is 0.886. The van der Waals surface area contributed by atoms with Gasteiger partial charge in [0.25, 0.3) is 0 Å². The maximum atomic E-state index is 11.8. The van der Waals surface area contributed by atoms with E-state index in [1.807, 2.05) is 45.0 Å². The van der Waals surface area contributed by atoms with E-state index in [2.05, 4.69) is 22.6 Å². The first-order chi connectivity index (χ1) is 10.8. The van der Waals surface area contributed by atoms with Gasteiger partial charge in [-0.2, -0.15) is 0 Å². The Morgan fingerprint density at radius 2 is 2.09 bits per heavy atom. The van der Waals surface area contributed by atoms with Crippen LogP contribution in [0, 0.1) is 5.92 Å². The Kier molecular flexibility index (Phi) is 5.88. The van der Waals surface area contributed by atoms with Gasteiger partial charge in [-0.15, -0.1) is 0 Å². The largest absolute Gasteiger partial charge is 0.444 e. The molecule has 5 heteroatoms. The summed E-state index contributed by atoms with van der Waals surface area (Å²) in [5.74, 6) is 0.677. The third-order valence-corrected chi connectivity index (χ3v) is 3.82. The molecule has 1 fully saturated rings. The molecule has 0 bridgehead atoms. The van der Waals surface area contributed by atoms with E-state index in [4.69, 9.17) is 4.74 Å². The summed E-state index contributed by atoms with van der Waals surface area (Å²) >= 11 is 0. The first-order valence-electron chi connectivity index (χ1n) is 8.34. The molecule has 1 aliphatic heterocycles. The van der Waals surface area contributed by atoms with Crippen molar-refractivity contribution in [2.45, 2.75) is 39.2 Å². The third-order valence-electron chi connectivity index (χ3n) is 3.82. The lowest BCUT2D eigenvalue weighted by atomic mass is 9.98. The standard InChI is InChI=1S/C18H29N3O2/c1-18(2,3)23-17(22)20-16-9-5-8-15(11-16)19-12-14-7-6-10-21(4)13-14/h5,8-9,11,14,19H,6-7,10,12-13H2,1-4H3,(H,20,22). The number of anilines is 2. The van der Waals surface area contributed by atoms with Crippen LogP contribution in [0.3, 0.4) is 0 Å². The molecule has 5 nitrogen and oxygen atoms in total. The van der Waals surface area contributed by atoms with Gasteiger partial charge in [0.1, 0.15) is 5.60 Å². The van der Waals surface area contributed by atoms with Crippen molar-refractivity contribution >= 4 is 17.5 Å². The number of piperidine rings is 1. The molecular formula is C18H29N3O2. The Morgan fingerprint density at radius 3 is 2.78 bits per heavy atom. The molecule has 0 aromatic heterocycles. The molecule has 2 N–H and O–H groups in total. The summed E-state index contributed by atoms with van der Waals surface area (Å²) in [6.45, 7) is 8.86. The number of hydrogen-bond donors (Lipinski definition) is 2. The minimum Gasteiger partial charge on any atom is -0.444 e. The molecule has 1 heterocycles. The van der Waals surface area contributed by atoms with E-state index in [1.54, 1.807) is 0 Å². The highest BCUT2D eigenvalue weighted by molar-refractivity contribution is 5.85. The summed E-state index contributed by atoms with van der Waals surface area (Å²) in [7, 11) is 2.18. The van der Waals surface area contributed by atoms with Crippen LogP contribution in [-0.2, 0) is 4.74 Å². The highest BCUT2D eigenvalue weighted by atomic mass is 16.6.